The molecule has 1 atom stereocenters. The Bertz CT molecular complexity index is 808. The Morgan fingerprint density at radius 3 is 2.52 bits per heavy atom. The summed E-state index contributed by atoms with van der Waals surface area (Å²) in [7, 11) is 0. The third-order valence-corrected chi connectivity index (χ3v) is 3.52. The van der Waals surface area contributed by atoms with E-state index in [4.69, 9.17) is 23.2 Å². The first kappa shape index (κ1) is 14.3. The number of nitrogens with zero attached hydrogens (tertiary/aromatic N) is 2. The van der Waals surface area contributed by atoms with Crippen molar-refractivity contribution in [3.05, 3.63) is 58.9 Å². The van der Waals surface area contributed by atoms with Crippen LogP contribution in [0.5, 0.6) is 0 Å². The molecule has 0 amide bonds. The van der Waals surface area contributed by atoms with Crippen LogP contribution in [0.25, 0.3) is 16.7 Å². The number of alkyl halides is 1. The SMILES string of the molecule is CC(Cl)c1nc2ccc(F)cc2n1-c1cc(F)cc(Cl)c1. The minimum absolute atomic E-state index is 0.247. The van der Waals surface area contributed by atoms with Gasteiger partial charge in [0.25, 0.3) is 0 Å². The molecule has 2 nitrogen and oxygen atoms in total. The number of hydrogen-bond acceptors (Lipinski definition) is 1. The molecule has 0 saturated carbocycles. The molecule has 1 aromatic heterocycles. The normalized spacial score (nSPS) is 12.8. The van der Waals surface area contributed by atoms with Crippen molar-refractivity contribution >= 4 is 34.2 Å². The molecule has 0 radical (unpaired) electrons. The largest absolute Gasteiger partial charge is 0.295 e. The Morgan fingerprint density at radius 1 is 1.10 bits per heavy atom. The van der Waals surface area contributed by atoms with Crippen LogP contribution in [0.3, 0.4) is 0 Å². The van der Waals surface area contributed by atoms with Gasteiger partial charge in [-0.1, -0.05) is 11.6 Å². The first-order chi connectivity index (χ1) is 9.95. The van der Waals surface area contributed by atoms with Crippen molar-refractivity contribution in [2.45, 2.75) is 12.3 Å². The molecule has 0 aliphatic rings. The van der Waals surface area contributed by atoms with E-state index in [-0.39, 0.29) is 5.02 Å². The number of rotatable bonds is 2. The lowest BCUT2D eigenvalue weighted by Crippen LogP contribution is -2.02. The zero-order chi connectivity index (χ0) is 15.1. The van der Waals surface area contributed by atoms with Gasteiger partial charge in [-0.15, -0.1) is 11.6 Å². The molecule has 3 aromatic rings. The van der Waals surface area contributed by atoms with Gasteiger partial charge in [-0.05, 0) is 37.3 Å². The topological polar surface area (TPSA) is 17.8 Å². The summed E-state index contributed by atoms with van der Waals surface area (Å²) in [6.07, 6.45) is 0. The fraction of sp³-hybridized carbons (Fsp3) is 0.133. The number of imidazole rings is 1. The summed E-state index contributed by atoms with van der Waals surface area (Å²) in [5.74, 6) is -0.386. The highest BCUT2D eigenvalue weighted by atomic mass is 35.5. The molecular weight excluding hydrogens is 317 g/mol. The number of aromatic nitrogens is 2. The highest BCUT2D eigenvalue weighted by molar-refractivity contribution is 6.30. The molecule has 0 aliphatic heterocycles. The molecular formula is C15H10Cl2F2N2. The molecule has 1 heterocycles. The minimum Gasteiger partial charge on any atom is -0.295 e. The molecule has 1 unspecified atom stereocenters. The molecule has 0 saturated heterocycles. The van der Waals surface area contributed by atoms with Crippen LogP contribution < -0.4 is 0 Å². The average molecular weight is 327 g/mol. The predicted octanol–water partition coefficient (Wildman–Crippen LogP) is 5.26. The summed E-state index contributed by atoms with van der Waals surface area (Å²) in [6.45, 7) is 1.75. The molecule has 2 aromatic carbocycles. The lowest BCUT2D eigenvalue weighted by atomic mass is 10.2. The molecule has 3 rings (SSSR count). The van der Waals surface area contributed by atoms with Crippen molar-refractivity contribution in [2.75, 3.05) is 0 Å². The highest BCUT2D eigenvalue weighted by Crippen LogP contribution is 2.30. The Balaban J connectivity index is 2.38. The highest BCUT2D eigenvalue weighted by Gasteiger charge is 2.17. The third kappa shape index (κ3) is 2.61. The first-order valence-corrected chi connectivity index (χ1v) is 7.05. The predicted molar refractivity (Wildman–Crippen MR) is 80.3 cm³/mol. The lowest BCUT2D eigenvalue weighted by molar-refractivity contribution is 0.626. The van der Waals surface area contributed by atoms with E-state index in [1.54, 1.807) is 23.6 Å². The molecule has 0 N–H and O–H groups in total. The van der Waals surface area contributed by atoms with Gasteiger partial charge in [-0.2, -0.15) is 0 Å². The summed E-state index contributed by atoms with van der Waals surface area (Å²) in [5, 5.41) is -0.182. The molecule has 0 fully saturated rings. The van der Waals surface area contributed by atoms with Gasteiger partial charge in [0.15, 0.2) is 0 Å². The average Bonchev–Trinajstić information content (AvgIpc) is 2.76. The van der Waals surface area contributed by atoms with Gasteiger partial charge in [0.05, 0.1) is 22.1 Å². The molecule has 21 heavy (non-hydrogen) atoms. The van der Waals surface area contributed by atoms with E-state index in [0.717, 1.165) is 0 Å². The molecule has 108 valence electrons. The third-order valence-electron chi connectivity index (χ3n) is 3.10. The maximum Gasteiger partial charge on any atom is 0.132 e. The van der Waals surface area contributed by atoms with E-state index in [1.807, 2.05) is 0 Å². The fourth-order valence-corrected chi connectivity index (χ4v) is 2.64. The van der Waals surface area contributed by atoms with Gasteiger partial charge in [0.2, 0.25) is 0 Å². The van der Waals surface area contributed by atoms with Gasteiger partial charge in [-0.25, -0.2) is 13.8 Å². The van der Waals surface area contributed by atoms with Gasteiger partial charge in [-0.3, -0.25) is 4.57 Å². The quantitative estimate of drug-likeness (QED) is 0.587. The summed E-state index contributed by atoms with van der Waals surface area (Å²) >= 11 is 12.0. The Hall–Kier alpha value is -1.65. The zero-order valence-corrected chi connectivity index (χ0v) is 12.5. The minimum atomic E-state index is -0.482. The van der Waals surface area contributed by atoms with Crippen molar-refractivity contribution in [3.8, 4) is 5.69 Å². The van der Waals surface area contributed by atoms with E-state index in [9.17, 15) is 8.78 Å². The smallest absolute Gasteiger partial charge is 0.132 e. The van der Waals surface area contributed by atoms with Crippen molar-refractivity contribution in [2.24, 2.45) is 0 Å². The van der Waals surface area contributed by atoms with E-state index >= 15 is 0 Å². The number of fused-ring (bicyclic) bond motifs is 1. The molecule has 0 bridgehead atoms. The van der Waals surface area contributed by atoms with Crippen LogP contribution in [-0.2, 0) is 0 Å². The maximum atomic E-state index is 13.6. The second-order valence-corrected chi connectivity index (χ2v) is 5.77. The summed E-state index contributed by atoms with van der Waals surface area (Å²) in [4.78, 5) is 4.39. The number of benzene rings is 2. The van der Waals surface area contributed by atoms with E-state index in [0.29, 0.717) is 22.5 Å². The molecule has 6 heteroatoms. The van der Waals surface area contributed by atoms with Crippen LogP contribution in [0.1, 0.15) is 18.1 Å². The number of halogens is 4. The van der Waals surface area contributed by atoms with Gasteiger partial charge < -0.3 is 0 Å². The van der Waals surface area contributed by atoms with Crippen LogP contribution in [0.2, 0.25) is 5.02 Å². The monoisotopic (exact) mass is 326 g/mol. The van der Waals surface area contributed by atoms with Crippen LogP contribution >= 0.6 is 23.2 Å². The first-order valence-electron chi connectivity index (χ1n) is 6.24. The van der Waals surface area contributed by atoms with Crippen molar-refractivity contribution in [1.29, 1.82) is 0 Å². The summed E-state index contributed by atoms with van der Waals surface area (Å²) in [6, 6.07) is 8.31. The Kier molecular flexibility index (Phi) is 3.59. The second-order valence-electron chi connectivity index (χ2n) is 4.68. The van der Waals surface area contributed by atoms with Crippen LogP contribution in [0, 0.1) is 11.6 Å². The van der Waals surface area contributed by atoms with Crippen molar-refractivity contribution in [1.82, 2.24) is 9.55 Å². The van der Waals surface area contributed by atoms with Crippen molar-refractivity contribution in [3.63, 3.8) is 0 Å². The van der Waals surface area contributed by atoms with Gasteiger partial charge in [0, 0.05) is 11.1 Å². The van der Waals surface area contributed by atoms with Crippen LogP contribution in [0.15, 0.2) is 36.4 Å². The Morgan fingerprint density at radius 2 is 1.86 bits per heavy atom. The van der Waals surface area contributed by atoms with E-state index in [1.165, 1.54) is 24.3 Å². The van der Waals surface area contributed by atoms with E-state index < -0.39 is 17.0 Å². The summed E-state index contributed by atoms with van der Waals surface area (Å²) in [5.41, 5.74) is 1.55. The van der Waals surface area contributed by atoms with Crippen LogP contribution in [-0.4, -0.2) is 9.55 Å². The second kappa shape index (κ2) is 5.28. The van der Waals surface area contributed by atoms with Gasteiger partial charge in [0.1, 0.15) is 17.5 Å². The Labute approximate surface area is 129 Å². The fourth-order valence-electron chi connectivity index (χ4n) is 2.27. The zero-order valence-electron chi connectivity index (χ0n) is 10.9. The van der Waals surface area contributed by atoms with E-state index in [2.05, 4.69) is 4.98 Å². The molecule has 0 aliphatic carbocycles. The van der Waals surface area contributed by atoms with Gasteiger partial charge >= 0.3 is 0 Å². The number of hydrogen-bond donors (Lipinski definition) is 0. The molecule has 0 spiro atoms. The standard InChI is InChI=1S/C15H10Cl2F2N2/c1-8(16)15-20-13-3-2-10(18)7-14(13)21(15)12-5-9(17)4-11(19)6-12/h2-8H,1H3. The van der Waals surface area contributed by atoms with Crippen LogP contribution in [0.4, 0.5) is 8.78 Å². The van der Waals surface area contributed by atoms with Crippen molar-refractivity contribution < 1.29 is 8.78 Å². The summed E-state index contributed by atoms with van der Waals surface area (Å²) < 4.78 is 28.7. The lowest BCUT2D eigenvalue weighted by Gasteiger charge is -2.11. The maximum absolute atomic E-state index is 13.6.